The van der Waals surface area contributed by atoms with Gasteiger partial charge in [-0.15, -0.1) is 13.2 Å². The van der Waals surface area contributed by atoms with Crippen molar-refractivity contribution in [1.82, 2.24) is 4.57 Å². The number of ether oxygens (including phenoxy) is 1. The molecule has 110 valence electrons. The zero-order valence-electron chi connectivity index (χ0n) is 11.7. The fourth-order valence-corrected chi connectivity index (χ4v) is 1.39. The summed E-state index contributed by atoms with van der Waals surface area (Å²) in [5.41, 5.74) is -0.482. The van der Waals surface area contributed by atoms with E-state index < -0.39 is 6.43 Å². The van der Waals surface area contributed by atoms with Crippen molar-refractivity contribution in [3.05, 3.63) is 71.4 Å². The zero-order chi connectivity index (χ0) is 15.5. The van der Waals surface area contributed by atoms with E-state index in [9.17, 15) is 13.6 Å². The lowest BCUT2D eigenvalue weighted by atomic mass is 10.3. The first kappa shape index (κ1) is 17.8. The number of halogens is 2. The molecule has 1 rings (SSSR count). The van der Waals surface area contributed by atoms with Crippen LogP contribution in [0, 0.1) is 0 Å². The van der Waals surface area contributed by atoms with Gasteiger partial charge in [0.1, 0.15) is 5.76 Å². The maximum absolute atomic E-state index is 12.5. The first-order valence-corrected chi connectivity index (χ1v) is 5.94. The lowest BCUT2D eigenvalue weighted by Gasteiger charge is -2.05. The number of nitrogens with zero attached hydrogens (tertiary/aromatic N) is 1. The van der Waals surface area contributed by atoms with Gasteiger partial charge in [-0.25, -0.2) is 8.78 Å². The number of pyridine rings is 1. The Bertz CT molecular complexity index is 519. The summed E-state index contributed by atoms with van der Waals surface area (Å²) in [6.07, 6.45) is 3.71. The van der Waals surface area contributed by atoms with Gasteiger partial charge in [-0.3, -0.25) is 4.79 Å². The van der Waals surface area contributed by atoms with Crippen LogP contribution in [0.15, 0.2) is 60.3 Å². The molecule has 5 heteroatoms. The van der Waals surface area contributed by atoms with Crippen molar-refractivity contribution < 1.29 is 13.5 Å². The Kier molecular flexibility index (Phi) is 8.67. The van der Waals surface area contributed by atoms with E-state index in [-0.39, 0.29) is 17.7 Å². The van der Waals surface area contributed by atoms with Crippen molar-refractivity contribution in [2.24, 2.45) is 0 Å². The van der Waals surface area contributed by atoms with Crippen LogP contribution in [0.1, 0.15) is 18.9 Å². The van der Waals surface area contributed by atoms with Crippen LogP contribution in [-0.2, 0) is 11.3 Å². The molecule has 0 fully saturated rings. The molecule has 0 aliphatic heterocycles. The summed E-state index contributed by atoms with van der Waals surface area (Å²) in [6, 6.07) is 2.28. The van der Waals surface area contributed by atoms with E-state index in [1.165, 1.54) is 17.9 Å². The molecule has 0 aliphatic carbocycles. The number of methoxy groups -OCH3 is 1. The average Bonchev–Trinajstić information content (AvgIpc) is 2.47. The second-order valence-electron chi connectivity index (χ2n) is 3.55. The summed E-state index contributed by atoms with van der Waals surface area (Å²) in [6.45, 7) is 8.03. The fourth-order valence-electron chi connectivity index (χ4n) is 1.39. The van der Waals surface area contributed by atoms with Gasteiger partial charge in [-0.2, -0.15) is 0 Å². The maximum atomic E-state index is 12.5. The van der Waals surface area contributed by atoms with Crippen LogP contribution in [0.2, 0.25) is 0 Å². The molecule has 0 saturated heterocycles. The molecule has 0 N–H and O–H groups in total. The predicted octanol–water partition coefficient (Wildman–Crippen LogP) is 3.69. The maximum Gasteiger partial charge on any atom is 0.265 e. The van der Waals surface area contributed by atoms with Gasteiger partial charge in [0.2, 0.25) is 0 Å². The lowest BCUT2D eigenvalue weighted by Crippen LogP contribution is -2.18. The highest BCUT2D eigenvalue weighted by Gasteiger charge is 2.07. The highest BCUT2D eigenvalue weighted by molar-refractivity contribution is 5.13. The average molecular weight is 283 g/mol. The van der Waals surface area contributed by atoms with Crippen molar-refractivity contribution in [3.8, 4) is 0 Å². The molecule has 0 saturated carbocycles. The Labute approximate surface area is 117 Å². The van der Waals surface area contributed by atoms with Crippen LogP contribution in [0.5, 0.6) is 0 Å². The molecule has 0 aromatic carbocycles. The number of allylic oxidation sites excluding steroid dienone is 3. The van der Waals surface area contributed by atoms with Gasteiger partial charge in [-0.05, 0) is 25.1 Å². The second-order valence-corrected chi connectivity index (χ2v) is 3.55. The van der Waals surface area contributed by atoms with Crippen molar-refractivity contribution in [2.75, 3.05) is 7.11 Å². The van der Waals surface area contributed by atoms with Gasteiger partial charge < -0.3 is 9.30 Å². The van der Waals surface area contributed by atoms with Crippen molar-refractivity contribution in [3.63, 3.8) is 0 Å². The van der Waals surface area contributed by atoms with Crippen LogP contribution in [0.3, 0.4) is 0 Å². The monoisotopic (exact) mass is 283 g/mol. The summed E-state index contributed by atoms with van der Waals surface area (Å²) in [5, 5.41) is 0. The summed E-state index contributed by atoms with van der Waals surface area (Å²) in [4.78, 5) is 11.4. The van der Waals surface area contributed by atoms with Gasteiger partial charge in [0.05, 0.1) is 7.11 Å². The SMILES string of the molecule is C/C=C(\C=C/Cn1cc(C(F)F)ccc1=O)OC.C=C. The first-order valence-electron chi connectivity index (χ1n) is 5.94. The quantitative estimate of drug-likeness (QED) is 0.469. The Hall–Kier alpha value is -2.17. The van der Waals surface area contributed by atoms with Crippen LogP contribution in [0.25, 0.3) is 0 Å². The van der Waals surface area contributed by atoms with E-state index in [0.29, 0.717) is 5.76 Å². The van der Waals surface area contributed by atoms with Gasteiger partial charge in [0.25, 0.3) is 12.0 Å². The Morgan fingerprint density at radius 1 is 1.45 bits per heavy atom. The van der Waals surface area contributed by atoms with Crippen LogP contribution in [0.4, 0.5) is 8.78 Å². The number of rotatable bonds is 5. The Morgan fingerprint density at radius 3 is 2.60 bits per heavy atom. The summed E-state index contributed by atoms with van der Waals surface area (Å²) >= 11 is 0. The van der Waals surface area contributed by atoms with Crippen molar-refractivity contribution >= 4 is 0 Å². The molecule has 1 aromatic heterocycles. The normalized spacial score (nSPS) is 11.3. The lowest BCUT2D eigenvalue weighted by molar-refractivity contribution is 0.150. The standard InChI is InChI=1S/C13H15F2NO2.C2H4/c1-3-11(18-2)5-4-8-16-9-10(13(14)15)6-7-12(16)17;1-2/h3-7,9,13H,8H2,1-2H3;1-2H2/b5-4-,11-3+;. The molecule has 1 heterocycles. The topological polar surface area (TPSA) is 31.2 Å². The number of hydrogen-bond acceptors (Lipinski definition) is 2. The summed E-state index contributed by atoms with van der Waals surface area (Å²) in [7, 11) is 1.53. The largest absolute Gasteiger partial charge is 0.497 e. The third-order valence-electron chi connectivity index (χ3n) is 2.36. The highest BCUT2D eigenvalue weighted by atomic mass is 19.3. The predicted molar refractivity (Wildman–Crippen MR) is 76.8 cm³/mol. The van der Waals surface area contributed by atoms with E-state index in [1.54, 1.807) is 18.2 Å². The summed E-state index contributed by atoms with van der Waals surface area (Å²) in [5.74, 6) is 0.646. The molecule has 0 radical (unpaired) electrons. The third-order valence-corrected chi connectivity index (χ3v) is 2.36. The molecular weight excluding hydrogens is 264 g/mol. The number of alkyl halides is 2. The molecule has 0 spiro atoms. The Balaban J connectivity index is 0.00000172. The Morgan fingerprint density at radius 2 is 2.10 bits per heavy atom. The summed E-state index contributed by atoms with van der Waals surface area (Å²) < 4.78 is 31.2. The van der Waals surface area contributed by atoms with E-state index in [0.717, 1.165) is 12.1 Å². The van der Waals surface area contributed by atoms with E-state index in [1.807, 2.05) is 6.92 Å². The minimum absolute atomic E-state index is 0.166. The molecule has 0 unspecified atom stereocenters. The molecule has 3 nitrogen and oxygen atoms in total. The van der Waals surface area contributed by atoms with Gasteiger partial charge in [0, 0.05) is 24.4 Å². The second kappa shape index (κ2) is 9.72. The zero-order valence-corrected chi connectivity index (χ0v) is 11.7. The molecule has 0 aliphatic rings. The highest BCUT2D eigenvalue weighted by Crippen LogP contribution is 2.16. The van der Waals surface area contributed by atoms with Crippen LogP contribution in [-0.4, -0.2) is 11.7 Å². The fraction of sp³-hybridized carbons (Fsp3) is 0.267. The molecule has 1 aromatic rings. The first-order chi connectivity index (χ1) is 9.58. The van der Waals surface area contributed by atoms with Crippen molar-refractivity contribution in [1.29, 1.82) is 0 Å². The van der Waals surface area contributed by atoms with Crippen molar-refractivity contribution in [2.45, 2.75) is 19.9 Å². The van der Waals surface area contributed by atoms with E-state index >= 15 is 0 Å². The van der Waals surface area contributed by atoms with E-state index in [4.69, 9.17) is 4.74 Å². The number of hydrogen-bond donors (Lipinski definition) is 0. The van der Waals surface area contributed by atoms with Gasteiger partial charge >= 0.3 is 0 Å². The smallest absolute Gasteiger partial charge is 0.265 e. The van der Waals surface area contributed by atoms with E-state index in [2.05, 4.69) is 13.2 Å². The van der Waals surface area contributed by atoms with Gasteiger partial charge in [0.15, 0.2) is 0 Å². The minimum atomic E-state index is -2.58. The minimum Gasteiger partial charge on any atom is -0.497 e. The van der Waals surface area contributed by atoms with Crippen LogP contribution >= 0.6 is 0 Å². The number of aromatic nitrogens is 1. The van der Waals surface area contributed by atoms with Gasteiger partial charge in [-0.1, -0.05) is 6.08 Å². The molecule has 0 amide bonds. The molecule has 20 heavy (non-hydrogen) atoms. The molecule has 0 bridgehead atoms. The van der Waals surface area contributed by atoms with Crippen LogP contribution < -0.4 is 5.56 Å². The molecular formula is C15H19F2NO2. The third kappa shape index (κ3) is 5.65. The molecule has 0 atom stereocenters.